The Kier molecular flexibility index (Phi) is 4.70. The van der Waals surface area contributed by atoms with Gasteiger partial charge in [-0.3, -0.25) is 9.78 Å². The summed E-state index contributed by atoms with van der Waals surface area (Å²) in [5, 5.41) is 6.29. The lowest BCUT2D eigenvalue weighted by Gasteiger charge is -2.21. The summed E-state index contributed by atoms with van der Waals surface area (Å²) in [7, 11) is 0. The van der Waals surface area contributed by atoms with Gasteiger partial charge in [-0.15, -0.1) is 0 Å². The first kappa shape index (κ1) is 13.0. The van der Waals surface area contributed by atoms with Crippen molar-refractivity contribution in [1.29, 1.82) is 0 Å². The minimum Gasteiger partial charge on any atom is -0.323 e. The fourth-order valence-electron chi connectivity index (χ4n) is 2.27. The number of anilines is 1. The molecule has 2 N–H and O–H groups in total. The van der Waals surface area contributed by atoms with E-state index in [9.17, 15) is 4.79 Å². The number of hydrogen-bond acceptors (Lipinski definition) is 3. The molecule has 1 aliphatic rings. The zero-order valence-electron chi connectivity index (χ0n) is 10.9. The van der Waals surface area contributed by atoms with Gasteiger partial charge in [0.25, 0.3) is 0 Å². The Morgan fingerprint density at radius 2 is 2.22 bits per heavy atom. The van der Waals surface area contributed by atoms with Crippen LogP contribution in [0.25, 0.3) is 0 Å². The molecule has 0 radical (unpaired) electrons. The number of carbonyl (C=O) groups excluding carboxylic acids is 1. The molecule has 0 aliphatic carbocycles. The molecule has 1 saturated heterocycles. The van der Waals surface area contributed by atoms with E-state index in [0.29, 0.717) is 0 Å². The van der Waals surface area contributed by atoms with E-state index < -0.39 is 0 Å². The Morgan fingerprint density at radius 1 is 1.39 bits per heavy atom. The summed E-state index contributed by atoms with van der Waals surface area (Å²) >= 11 is 0. The molecule has 1 unspecified atom stereocenters. The van der Waals surface area contributed by atoms with Gasteiger partial charge in [-0.2, -0.15) is 0 Å². The number of nitrogens with zero attached hydrogens (tertiary/aromatic N) is 1. The Balaban J connectivity index is 1.96. The lowest BCUT2D eigenvalue weighted by atomic mass is 10.0. The average molecular weight is 247 g/mol. The van der Waals surface area contributed by atoms with Crippen LogP contribution in [0.3, 0.4) is 0 Å². The highest BCUT2D eigenvalue weighted by molar-refractivity contribution is 5.95. The van der Waals surface area contributed by atoms with Crippen molar-refractivity contribution in [2.24, 2.45) is 0 Å². The van der Waals surface area contributed by atoms with E-state index in [1.165, 1.54) is 12.8 Å². The van der Waals surface area contributed by atoms with Crippen LogP contribution in [0.5, 0.6) is 0 Å². The normalized spacial score (nSPS) is 20.8. The number of aryl methyl sites for hydroxylation is 1. The maximum Gasteiger partial charge on any atom is 0.241 e. The van der Waals surface area contributed by atoms with E-state index in [1.54, 1.807) is 6.20 Å². The molecule has 4 heteroatoms. The van der Waals surface area contributed by atoms with Crippen molar-refractivity contribution in [2.75, 3.05) is 11.9 Å². The maximum atomic E-state index is 12.2. The molecule has 1 atom stereocenters. The lowest BCUT2D eigenvalue weighted by Crippen LogP contribution is -2.41. The number of rotatable bonds is 2. The quantitative estimate of drug-likeness (QED) is 0.842. The summed E-state index contributed by atoms with van der Waals surface area (Å²) in [5.74, 6) is 0.0630. The summed E-state index contributed by atoms with van der Waals surface area (Å²) < 4.78 is 0. The third-order valence-corrected chi connectivity index (χ3v) is 3.39. The van der Waals surface area contributed by atoms with Gasteiger partial charge in [-0.1, -0.05) is 19.3 Å². The molecular formula is C14H21N3O. The van der Waals surface area contributed by atoms with Crippen LogP contribution in [0.2, 0.25) is 0 Å². The molecule has 1 amide bonds. The van der Waals surface area contributed by atoms with Gasteiger partial charge in [0.05, 0.1) is 17.4 Å². The molecule has 1 fully saturated rings. The molecule has 0 aromatic carbocycles. The Morgan fingerprint density at radius 3 is 3.06 bits per heavy atom. The van der Waals surface area contributed by atoms with Crippen LogP contribution in [-0.2, 0) is 4.79 Å². The predicted octanol–water partition coefficient (Wildman–Crippen LogP) is 2.25. The summed E-state index contributed by atoms with van der Waals surface area (Å²) in [4.78, 5) is 16.4. The highest BCUT2D eigenvalue weighted by atomic mass is 16.2. The molecule has 0 bridgehead atoms. The van der Waals surface area contributed by atoms with Crippen LogP contribution in [0.4, 0.5) is 5.69 Å². The molecule has 2 rings (SSSR count). The molecule has 18 heavy (non-hydrogen) atoms. The van der Waals surface area contributed by atoms with Crippen molar-refractivity contribution in [3.63, 3.8) is 0 Å². The molecule has 98 valence electrons. The summed E-state index contributed by atoms with van der Waals surface area (Å²) in [5.41, 5.74) is 1.67. The SMILES string of the molecule is Cc1ncccc1NC(=O)C1CCCCCCN1. The topological polar surface area (TPSA) is 54.0 Å². The molecule has 2 heterocycles. The van der Waals surface area contributed by atoms with Gasteiger partial charge in [0, 0.05) is 6.20 Å². The minimum atomic E-state index is -0.0649. The van der Waals surface area contributed by atoms with Gasteiger partial charge in [-0.25, -0.2) is 0 Å². The van der Waals surface area contributed by atoms with Crippen LogP contribution in [0.15, 0.2) is 18.3 Å². The molecule has 0 spiro atoms. The van der Waals surface area contributed by atoms with Gasteiger partial charge in [0.1, 0.15) is 0 Å². The van der Waals surface area contributed by atoms with Gasteiger partial charge >= 0.3 is 0 Å². The first-order chi connectivity index (χ1) is 8.77. The van der Waals surface area contributed by atoms with Crippen LogP contribution in [0.1, 0.15) is 37.8 Å². The molecule has 4 nitrogen and oxygen atoms in total. The fourth-order valence-corrected chi connectivity index (χ4v) is 2.27. The van der Waals surface area contributed by atoms with E-state index in [1.807, 2.05) is 19.1 Å². The van der Waals surface area contributed by atoms with E-state index in [0.717, 1.165) is 37.2 Å². The monoisotopic (exact) mass is 247 g/mol. The Bertz CT molecular complexity index is 398. The van der Waals surface area contributed by atoms with Crippen LogP contribution >= 0.6 is 0 Å². The number of amides is 1. The minimum absolute atomic E-state index is 0.0630. The molecular weight excluding hydrogens is 226 g/mol. The summed E-state index contributed by atoms with van der Waals surface area (Å²) in [6, 6.07) is 3.67. The maximum absolute atomic E-state index is 12.2. The highest BCUT2D eigenvalue weighted by Gasteiger charge is 2.19. The number of hydrogen-bond donors (Lipinski definition) is 2. The van der Waals surface area contributed by atoms with E-state index >= 15 is 0 Å². The van der Waals surface area contributed by atoms with Gasteiger partial charge in [0.2, 0.25) is 5.91 Å². The third kappa shape index (κ3) is 3.53. The second-order valence-electron chi connectivity index (χ2n) is 4.84. The lowest BCUT2D eigenvalue weighted by molar-refractivity contribution is -0.118. The van der Waals surface area contributed by atoms with Crippen molar-refractivity contribution in [1.82, 2.24) is 10.3 Å². The van der Waals surface area contributed by atoms with Crippen molar-refractivity contribution >= 4 is 11.6 Å². The molecule has 1 aromatic rings. The van der Waals surface area contributed by atoms with Gasteiger partial charge < -0.3 is 10.6 Å². The summed E-state index contributed by atoms with van der Waals surface area (Å²) in [6.07, 6.45) is 7.44. The smallest absolute Gasteiger partial charge is 0.241 e. The third-order valence-electron chi connectivity index (χ3n) is 3.39. The average Bonchev–Trinajstić information content (AvgIpc) is 2.31. The molecule has 1 aliphatic heterocycles. The number of carbonyl (C=O) groups is 1. The summed E-state index contributed by atoms with van der Waals surface area (Å²) in [6.45, 7) is 2.84. The molecule has 0 saturated carbocycles. The van der Waals surface area contributed by atoms with Gasteiger partial charge in [0.15, 0.2) is 0 Å². The second-order valence-corrected chi connectivity index (χ2v) is 4.84. The largest absolute Gasteiger partial charge is 0.323 e. The van der Waals surface area contributed by atoms with Crippen LogP contribution in [-0.4, -0.2) is 23.5 Å². The number of aromatic nitrogens is 1. The molecule has 1 aromatic heterocycles. The van der Waals surface area contributed by atoms with Crippen LogP contribution < -0.4 is 10.6 Å². The first-order valence-corrected chi connectivity index (χ1v) is 6.73. The first-order valence-electron chi connectivity index (χ1n) is 6.73. The predicted molar refractivity (Wildman–Crippen MR) is 72.5 cm³/mol. The Labute approximate surface area is 108 Å². The Hall–Kier alpha value is -1.42. The van der Waals surface area contributed by atoms with E-state index in [4.69, 9.17) is 0 Å². The fraction of sp³-hybridized carbons (Fsp3) is 0.571. The van der Waals surface area contributed by atoms with E-state index in [2.05, 4.69) is 15.6 Å². The number of nitrogens with one attached hydrogen (secondary N) is 2. The van der Waals surface area contributed by atoms with Crippen molar-refractivity contribution in [2.45, 2.75) is 45.1 Å². The van der Waals surface area contributed by atoms with E-state index in [-0.39, 0.29) is 11.9 Å². The van der Waals surface area contributed by atoms with Crippen LogP contribution in [0, 0.1) is 6.92 Å². The highest BCUT2D eigenvalue weighted by Crippen LogP contribution is 2.14. The standard InChI is InChI=1S/C14H21N3O/c1-11-12(8-6-10-15-11)17-14(18)13-7-4-2-3-5-9-16-13/h6,8,10,13,16H,2-5,7,9H2,1H3,(H,17,18). The van der Waals surface area contributed by atoms with Gasteiger partial charge in [-0.05, 0) is 38.4 Å². The zero-order chi connectivity index (χ0) is 12.8. The van der Waals surface area contributed by atoms with Crippen molar-refractivity contribution in [3.05, 3.63) is 24.0 Å². The zero-order valence-corrected chi connectivity index (χ0v) is 10.9. The van der Waals surface area contributed by atoms with Crippen molar-refractivity contribution < 1.29 is 4.79 Å². The second kappa shape index (κ2) is 6.50. The van der Waals surface area contributed by atoms with Crippen molar-refractivity contribution in [3.8, 4) is 0 Å². The number of pyridine rings is 1.